The Morgan fingerprint density at radius 3 is 2.40 bits per heavy atom. The number of nitrogens with zero attached hydrogens (tertiary/aromatic N) is 2. The smallest absolute Gasteiger partial charge is 0.332 e. The van der Waals surface area contributed by atoms with Crippen molar-refractivity contribution in [3.05, 3.63) is 59.7 Å². The molecule has 1 saturated heterocycles. The molecular weight excluding hydrogens is 388 g/mol. The fraction of sp³-hybridized carbons (Fsp3) is 0.238. The Labute approximate surface area is 173 Å². The third-order valence-corrected chi connectivity index (χ3v) is 4.75. The molecule has 0 spiro atoms. The zero-order chi connectivity index (χ0) is 22.0. The summed E-state index contributed by atoms with van der Waals surface area (Å²) in [6, 6.07) is 11.5. The minimum Gasteiger partial charge on any atom is -0.426 e. The van der Waals surface area contributed by atoms with Gasteiger partial charge in [0.15, 0.2) is 0 Å². The number of likely N-dealkylation sites (N-methyl/N-ethyl adjacent to an activating group) is 1. The van der Waals surface area contributed by atoms with Crippen LogP contribution < -0.4 is 20.7 Å². The van der Waals surface area contributed by atoms with E-state index in [1.807, 2.05) is 0 Å². The normalized spacial score (nSPS) is 18.9. The lowest BCUT2D eigenvalue weighted by atomic mass is 10.1. The lowest BCUT2D eigenvalue weighted by molar-refractivity contribution is -0.132. The monoisotopic (exact) mass is 410 g/mol. The van der Waals surface area contributed by atoms with Gasteiger partial charge in [0.05, 0.1) is 0 Å². The molecule has 0 aliphatic carbocycles. The van der Waals surface area contributed by atoms with Gasteiger partial charge in [-0.05, 0) is 36.8 Å². The van der Waals surface area contributed by atoms with Crippen LogP contribution in [0.15, 0.2) is 48.5 Å². The lowest BCUT2D eigenvalue weighted by Gasteiger charge is -2.41. The highest BCUT2D eigenvalue weighted by atomic mass is 16.5. The Morgan fingerprint density at radius 2 is 1.77 bits per heavy atom. The molecule has 1 aliphatic heterocycles. The maximum Gasteiger partial charge on any atom is 0.332 e. The summed E-state index contributed by atoms with van der Waals surface area (Å²) in [6.45, 7) is 3.00. The minimum absolute atomic E-state index is 0.183. The van der Waals surface area contributed by atoms with E-state index in [-0.39, 0.29) is 11.3 Å². The maximum atomic E-state index is 12.8. The molecule has 0 radical (unpaired) electrons. The number of imide groups is 1. The first kappa shape index (κ1) is 21.0. The first-order chi connectivity index (χ1) is 14.2. The summed E-state index contributed by atoms with van der Waals surface area (Å²) in [6.07, 6.45) is -1.11. The van der Waals surface area contributed by atoms with Crippen molar-refractivity contribution in [2.24, 2.45) is 5.73 Å². The van der Waals surface area contributed by atoms with Crippen molar-refractivity contribution >= 4 is 29.5 Å². The third-order valence-electron chi connectivity index (χ3n) is 4.75. The molecule has 30 heavy (non-hydrogen) atoms. The molecule has 1 aliphatic rings. The molecule has 2 unspecified atom stereocenters. The van der Waals surface area contributed by atoms with Gasteiger partial charge in [0.1, 0.15) is 18.0 Å². The summed E-state index contributed by atoms with van der Waals surface area (Å²) in [5.41, 5.74) is 7.58. The number of anilines is 1. The number of benzene rings is 2. The molecule has 0 aromatic heterocycles. The van der Waals surface area contributed by atoms with Crippen LogP contribution in [0.4, 0.5) is 10.5 Å². The number of hydrogen-bond donors (Lipinski definition) is 2. The molecule has 2 aromatic carbocycles. The van der Waals surface area contributed by atoms with Crippen LogP contribution in [-0.2, 0) is 9.59 Å². The number of urea groups is 1. The van der Waals surface area contributed by atoms with Crippen LogP contribution in [0.3, 0.4) is 0 Å². The number of carbonyl (C=O) groups is 4. The predicted molar refractivity (Wildman–Crippen MR) is 109 cm³/mol. The van der Waals surface area contributed by atoms with E-state index in [1.165, 1.54) is 24.9 Å². The number of para-hydroxylation sites is 1. The van der Waals surface area contributed by atoms with E-state index < -0.39 is 36.0 Å². The topological polar surface area (TPSA) is 122 Å². The van der Waals surface area contributed by atoms with Gasteiger partial charge in [-0.2, -0.15) is 0 Å². The van der Waals surface area contributed by atoms with Gasteiger partial charge in [-0.15, -0.1) is 0 Å². The maximum absolute atomic E-state index is 12.8. The number of nitrogens with one attached hydrogen (secondary N) is 1. The van der Waals surface area contributed by atoms with Gasteiger partial charge in [-0.1, -0.05) is 24.3 Å². The van der Waals surface area contributed by atoms with Crippen molar-refractivity contribution < 1.29 is 23.9 Å². The quantitative estimate of drug-likeness (QED) is 0.580. The summed E-state index contributed by atoms with van der Waals surface area (Å²) in [5, 5.41) is 2.60. The molecule has 3 N–H and O–H groups in total. The number of carbonyl (C=O) groups excluding carboxylic acids is 4. The van der Waals surface area contributed by atoms with Crippen LogP contribution >= 0.6 is 0 Å². The number of esters is 1. The van der Waals surface area contributed by atoms with Gasteiger partial charge in [-0.25, -0.2) is 4.79 Å². The first-order valence-corrected chi connectivity index (χ1v) is 9.22. The van der Waals surface area contributed by atoms with Crippen molar-refractivity contribution in [3.8, 4) is 5.75 Å². The Kier molecular flexibility index (Phi) is 5.84. The Balaban J connectivity index is 1.87. The number of amides is 4. The highest BCUT2D eigenvalue weighted by Crippen LogP contribution is 2.24. The summed E-state index contributed by atoms with van der Waals surface area (Å²) in [5.74, 6) is -1.49. The highest BCUT2D eigenvalue weighted by Gasteiger charge is 2.44. The lowest BCUT2D eigenvalue weighted by Crippen LogP contribution is -2.71. The van der Waals surface area contributed by atoms with E-state index in [4.69, 9.17) is 10.5 Å². The molecule has 9 nitrogen and oxygen atoms in total. The van der Waals surface area contributed by atoms with Crippen LogP contribution in [0.25, 0.3) is 0 Å². The zero-order valence-corrected chi connectivity index (χ0v) is 16.8. The van der Waals surface area contributed by atoms with E-state index in [9.17, 15) is 19.2 Å². The molecule has 1 heterocycles. The van der Waals surface area contributed by atoms with Crippen LogP contribution in [-0.4, -0.2) is 48.0 Å². The van der Waals surface area contributed by atoms with Gasteiger partial charge < -0.3 is 15.8 Å². The van der Waals surface area contributed by atoms with Gasteiger partial charge in [-0.3, -0.25) is 24.2 Å². The van der Waals surface area contributed by atoms with Gasteiger partial charge >= 0.3 is 12.0 Å². The largest absolute Gasteiger partial charge is 0.426 e. The summed E-state index contributed by atoms with van der Waals surface area (Å²) in [7, 11) is 1.33. The molecule has 1 fully saturated rings. The van der Waals surface area contributed by atoms with Crippen molar-refractivity contribution in [1.82, 2.24) is 10.2 Å². The second-order valence-electron chi connectivity index (χ2n) is 6.90. The second-order valence-corrected chi connectivity index (χ2v) is 6.90. The number of rotatable bonds is 4. The van der Waals surface area contributed by atoms with Gasteiger partial charge in [0.2, 0.25) is 0 Å². The number of ether oxygens (including phenoxy) is 1. The standard InChI is InChI=1S/C21H22N4O5/c1-12-9-10-14(11-16(12)30-13(2)26)19(27)23-17-18(22)25(15-7-5-4-6-8-15)21(29)24(3)20(17)28/h4-11,17-18H,22H2,1-3H3,(H,23,27). The molecule has 0 bridgehead atoms. The average molecular weight is 410 g/mol. The average Bonchev–Trinajstić information content (AvgIpc) is 2.71. The number of hydrogen-bond acceptors (Lipinski definition) is 6. The number of aryl methyl sites for hydroxylation is 1. The second kappa shape index (κ2) is 8.34. The minimum atomic E-state index is -1.17. The van der Waals surface area contributed by atoms with E-state index in [0.717, 1.165) is 4.90 Å². The van der Waals surface area contributed by atoms with Crippen molar-refractivity contribution in [1.29, 1.82) is 0 Å². The van der Waals surface area contributed by atoms with Crippen molar-refractivity contribution in [2.45, 2.75) is 26.1 Å². The van der Waals surface area contributed by atoms with Crippen molar-refractivity contribution in [2.75, 3.05) is 11.9 Å². The van der Waals surface area contributed by atoms with E-state index in [0.29, 0.717) is 11.3 Å². The van der Waals surface area contributed by atoms with Crippen LogP contribution in [0.1, 0.15) is 22.8 Å². The fourth-order valence-electron chi connectivity index (χ4n) is 3.14. The Bertz CT molecular complexity index is 1010. The summed E-state index contributed by atoms with van der Waals surface area (Å²) < 4.78 is 5.10. The number of nitrogens with two attached hydrogens (primary N) is 1. The fourth-order valence-corrected chi connectivity index (χ4v) is 3.14. The highest BCUT2D eigenvalue weighted by molar-refractivity contribution is 6.10. The summed E-state index contributed by atoms with van der Waals surface area (Å²) >= 11 is 0. The molecule has 3 rings (SSSR count). The molecule has 156 valence electrons. The molecule has 2 atom stereocenters. The van der Waals surface area contributed by atoms with E-state index in [1.54, 1.807) is 49.4 Å². The van der Waals surface area contributed by atoms with Crippen molar-refractivity contribution in [3.63, 3.8) is 0 Å². The molecule has 2 aromatic rings. The molecule has 4 amide bonds. The van der Waals surface area contributed by atoms with Crippen LogP contribution in [0, 0.1) is 6.92 Å². The third kappa shape index (κ3) is 4.01. The van der Waals surface area contributed by atoms with E-state index >= 15 is 0 Å². The van der Waals surface area contributed by atoms with Crippen LogP contribution in [0.5, 0.6) is 5.75 Å². The van der Waals surface area contributed by atoms with Gasteiger partial charge in [0, 0.05) is 25.2 Å². The van der Waals surface area contributed by atoms with Gasteiger partial charge in [0.25, 0.3) is 11.8 Å². The van der Waals surface area contributed by atoms with Crippen LogP contribution in [0.2, 0.25) is 0 Å². The summed E-state index contributed by atoms with van der Waals surface area (Å²) in [4.78, 5) is 51.5. The zero-order valence-electron chi connectivity index (χ0n) is 16.8. The first-order valence-electron chi connectivity index (χ1n) is 9.22. The molecular formula is C21H22N4O5. The SMILES string of the molecule is CC(=O)Oc1cc(C(=O)NC2C(=O)N(C)C(=O)N(c3ccccc3)C2N)ccc1C. The van der Waals surface area contributed by atoms with E-state index in [2.05, 4.69) is 5.32 Å². The molecule has 9 heteroatoms. The predicted octanol–water partition coefficient (Wildman–Crippen LogP) is 1.40. The Hall–Kier alpha value is -3.72. The molecule has 0 saturated carbocycles. The Morgan fingerprint density at radius 1 is 1.10 bits per heavy atom.